The van der Waals surface area contributed by atoms with Crippen LogP contribution in [0.2, 0.25) is 0 Å². The fraction of sp³-hybridized carbons (Fsp3) is 0.545. The van der Waals surface area contributed by atoms with Gasteiger partial charge in [-0.15, -0.1) is 0 Å². The summed E-state index contributed by atoms with van der Waals surface area (Å²) in [6.07, 6.45) is 12.8. The Morgan fingerprint density at radius 2 is 2.31 bits per heavy atom. The molecule has 0 bridgehead atoms. The molecule has 0 unspecified atom stereocenters. The quantitative estimate of drug-likeness (QED) is 0.649. The van der Waals surface area contributed by atoms with Crippen LogP contribution in [0.3, 0.4) is 0 Å². The molecule has 2 rings (SSSR count). The molecule has 13 heavy (non-hydrogen) atoms. The average molecular weight is 177 g/mol. The van der Waals surface area contributed by atoms with E-state index in [9.17, 15) is 0 Å². The van der Waals surface area contributed by atoms with Crippen molar-refractivity contribution in [3.05, 3.63) is 24.1 Å². The highest BCUT2D eigenvalue weighted by Gasteiger charge is 2.22. The van der Waals surface area contributed by atoms with Gasteiger partial charge in [0, 0.05) is 6.21 Å². The highest BCUT2D eigenvalue weighted by molar-refractivity contribution is 5.72. The van der Waals surface area contributed by atoms with Gasteiger partial charge in [0.25, 0.3) is 0 Å². The molecule has 1 heterocycles. The van der Waals surface area contributed by atoms with E-state index in [4.69, 9.17) is 4.74 Å². The van der Waals surface area contributed by atoms with E-state index in [1.54, 1.807) is 6.21 Å². The zero-order valence-electron chi connectivity index (χ0n) is 7.78. The van der Waals surface area contributed by atoms with Crippen LogP contribution in [0.15, 0.2) is 29.1 Å². The summed E-state index contributed by atoms with van der Waals surface area (Å²) in [6, 6.07) is 0. The maximum Gasteiger partial charge on any atom is 0.209 e. The van der Waals surface area contributed by atoms with Crippen molar-refractivity contribution in [2.45, 2.75) is 25.7 Å². The van der Waals surface area contributed by atoms with E-state index in [0.717, 1.165) is 31.2 Å². The van der Waals surface area contributed by atoms with Crippen molar-refractivity contribution in [2.75, 3.05) is 6.61 Å². The second kappa shape index (κ2) is 4.26. The molecule has 0 N–H and O–H groups in total. The molecule has 1 saturated carbocycles. The Morgan fingerprint density at radius 1 is 1.38 bits per heavy atom. The predicted molar refractivity (Wildman–Crippen MR) is 53.6 cm³/mol. The summed E-state index contributed by atoms with van der Waals surface area (Å²) in [5.41, 5.74) is 0. The summed E-state index contributed by atoms with van der Waals surface area (Å²) in [5, 5.41) is 0. The minimum absolute atomic E-state index is 0.802. The highest BCUT2D eigenvalue weighted by atomic mass is 16.5. The molecule has 1 aliphatic carbocycles. The van der Waals surface area contributed by atoms with Crippen LogP contribution in [-0.2, 0) is 4.74 Å². The lowest BCUT2D eigenvalue weighted by Crippen LogP contribution is -1.96. The predicted octanol–water partition coefficient (Wildman–Crippen LogP) is 2.68. The molecule has 0 amide bonds. The maximum atomic E-state index is 5.57. The van der Waals surface area contributed by atoms with Crippen molar-refractivity contribution in [1.82, 2.24) is 0 Å². The molecule has 1 fully saturated rings. The molecule has 70 valence electrons. The molecule has 0 spiro atoms. The highest BCUT2D eigenvalue weighted by Crippen LogP contribution is 2.29. The molecule has 0 aromatic carbocycles. The van der Waals surface area contributed by atoms with Crippen LogP contribution in [0.4, 0.5) is 0 Å². The SMILES string of the molecule is C1=CCCC=C(OCC2CC2)N=C1. The van der Waals surface area contributed by atoms with Crippen molar-refractivity contribution in [3.8, 4) is 0 Å². The van der Waals surface area contributed by atoms with Crippen LogP contribution < -0.4 is 0 Å². The van der Waals surface area contributed by atoms with Crippen LogP contribution in [0, 0.1) is 5.92 Å². The van der Waals surface area contributed by atoms with E-state index in [1.165, 1.54) is 12.8 Å². The Labute approximate surface area is 79.0 Å². The van der Waals surface area contributed by atoms with Gasteiger partial charge in [-0.05, 0) is 43.8 Å². The monoisotopic (exact) mass is 177 g/mol. The van der Waals surface area contributed by atoms with E-state index in [1.807, 2.05) is 6.08 Å². The Kier molecular flexibility index (Phi) is 2.80. The summed E-state index contributed by atoms with van der Waals surface area (Å²) < 4.78 is 5.57. The minimum atomic E-state index is 0.802. The van der Waals surface area contributed by atoms with Crippen molar-refractivity contribution in [3.63, 3.8) is 0 Å². The molecule has 0 radical (unpaired) electrons. The number of hydrogen-bond acceptors (Lipinski definition) is 2. The third kappa shape index (κ3) is 3.05. The van der Waals surface area contributed by atoms with E-state index in [2.05, 4.69) is 17.1 Å². The second-order valence-corrected chi connectivity index (χ2v) is 3.58. The van der Waals surface area contributed by atoms with Gasteiger partial charge in [-0.1, -0.05) is 6.08 Å². The third-order valence-electron chi connectivity index (χ3n) is 2.24. The lowest BCUT2D eigenvalue weighted by molar-refractivity contribution is 0.196. The van der Waals surface area contributed by atoms with E-state index in [0.29, 0.717) is 0 Å². The first kappa shape index (κ1) is 8.54. The van der Waals surface area contributed by atoms with E-state index >= 15 is 0 Å². The van der Waals surface area contributed by atoms with Crippen molar-refractivity contribution >= 4 is 6.21 Å². The van der Waals surface area contributed by atoms with Crippen molar-refractivity contribution in [2.24, 2.45) is 10.9 Å². The molecule has 1 aliphatic heterocycles. The first-order valence-corrected chi connectivity index (χ1v) is 4.97. The van der Waals surface area contributed by atoms with Crippen molar-refractivity contribution in [1.29, 1.82) is 0 Å². The zero-order chi connectivity index (χ0) is 8.93. The summed E-state index contributed by atoms with van der Waals surface area (Å²) >= 11 is 0. The van der Waals surface area contributed by atoms with Gasteiger partial charge in [0.05, 0.1) is 6.61 Å². The largest absolute Gasteiger partial charge is 0.478 e. The summed E-state index contributed by atoms with van der Waals surface area (Å²) in [7, 11) is 0. The van der Waals surface area contributed by atoms with Crippen LogP contribution >= 0.6 is 0 Å². The molecule has 2 aliphatic rings. The average Bonchev–Trinajstić information content (AvgIpc) is 2.85. The Hall–Kier alpha value is -1.05. The fourth-order valence-electron chi connectivity index (χ4n) is 1.21. The van der Waals surface area contributed by atoms with Crippen LogP contribution in [-0.4, -0.2) is 12.8 Å². The lowest BCUT2D eigenvalue weighted by Gasteiger charge is -2.05. The number of hydrogen-bond donors (Lipinski definition) is 0. The van der Waals surface area contributed by atoms with Gasteiger partial charge in [-0.3, -0.25) is 0 Å². The van der Waals surface area contributed by atoms with Gasteiger partial charge < -0.3 is 4.74 Å². The fourth-order valence-corrected chi connectivity index (χ4v) is 1.21. The van der Waals surface area contributed by atoms with Gasteiger partial charge >= 0.3 is 0 Å². The first-order valence-electron chi connectivity index (χ1n) is 4.97. The Balaban J connectivity index is 1.83. The summed E-state index contributed by atoms with van der Waals surface area (Å²) in [5.74, 6) is 1.60. The number of ether oxygens (including phenoxy) is 1. The van der Waals surface area contributed by atoms with Crippen LogP contribution in [0.1, 0.15) is 25.7 Å². The molecular formula is C11H15NO. The zero-order valence-corrected chi connectivity index (χ0v) is 7.78. The van der Waals surface area contributed by atoms with Crippen LogP contribution in [0.5, 0.6) is 0 Å². The Bertz CT molecular complexity index is 249. The van der Waals surface area contributed by atoms with Gasteiger partial charge in [0.15, 0.2) is 0 Å². The van der Waals surface area contributed by atoms with Crippen molar-refractivity contribution < 1.29 is 4.74 Å². The first-order chi connectivity index (χ1) is 6.45. The topological polar surface area (TPSA) is 21.6 Å². The smallest absolute Gasteiger partial charge is 0.209 e. The minimum Gasteiger partial charge on any atom is -0.478 e. The molecule has 2 heteroatoms. The second-order valence-electron chi connectivity index (χ2n) is 3.58. The van der Waals surface area contributed by atoms with E-state index in [-0.39, 0.29) is 0 Å². The van der Waals surface area contributed by atoms with Gasteiger partial charge in [0.1, 0.15) is 0 Å². The van der Waals surface area contributed by atoms with Crippen LogP contribution in [0.25, 0.3) is 0 Å². The van der Waals surface area contributed by atoms with Gasteiger partial charge in [-0.25, -0.2) is 4.99 Å². The molecule has 0 aromatic heterocycles. The summed E-state index contributed by atoms with van der Waals surface area (Å²) in [4.78, 5) is 4.21. The standard InChI is InChI=1S/C11H15NO/c1-2-4-8-12-11(5-3-1)13-9-10-6-7-10/h2,4-5,8,10H,1,3,6-7,9H2. The lowest BCUT2D eigenvalue weighted by atomic mass is 10.2. The van der Waals surface area contributed by atoms with Gasteiger partial charge in [0.2, 0.25) is 5.88 Å². The van der Waals surface area contributed by atoms with E-state index < -0.39 is 0 Å². The Morgan fingerprint density at radius 3 is 3.15 bits per heavy atom. The summed E-state index contributed by atoms with van der Waals surface area (Å²) in [6.45, 7) is 0.854. The number of aliphatic imine (C=N–C) groups is 1. The molecule has 0 atom stereocenters. The molecule has 0 aromatic rings. The molecule has 2 nitrogen and oxygen atoms in total. The van der Waals surface area contributed by atoms with Gasteiger partial charge in [-0.2, -0.15) is 0 Å². The number of nitrogens with zero attached hydrogens (tertiary/aromatic N) is 1. The number of rotatable bonds is 3. The number of allylic oxidation sites excluding steroid dienone is 3. The maximum absolute atomic E-state index is 5.57. The molecule has 0 saturated heterocycles. The third-order valence-corrected chi connectivity index (χ3v) is 2.24. The molecular weight excluding hydrogens is 162 g/mol. The normalized spacial score (nSPS) is 22.0.